The van der Waals surface area contributed by atoms with Gasteiger partial charge in [-0.25, -0.2) is 0 Å². The average Bonchev–Trinajstić information content (AvgIpc) is 2.88. The molecule has 3 unspecified atom stereocenters. The van der Waals surface area contributed by atoms with E-state index in [1.165, 1.54) is 66.4 Å². The van der Waals surface area contributed by atoms with Crippen LogP contribution >= 0.6 is 0 Å². The highest BCUT2D eigenvalue weighted by atomic mass is 16.5. The fourth-order valence-electron chi connectivity index (χ4n) is 6.13. The summed E-state index contributed by atoms with van der Waals surface area (Å²) >= 11 is 0. The smallest absolute Gasteiger partial charge is 0.118 e. The predicted molar refractivity (Wildman–Crippen MR) is 163 cm³/mol. The van der Waals surface area contributed by atoms with Crippen LogP contribution in [0.2, 0.25) is 0 Å². The van der Waals surface area contributed by atoms with E-state index in [0.29, 0.717) is 6.42 Å². The predicted octanol–water partition coefficient (Wildman–Crippen LogP) is 9.49. The Balaban J connectivity index is 1.88. The first kappa shape index (κ1) is 33.4. The molecule has 220 valence electrons. The molecular weight excluding hydrogens is 480 g/mol. The van der Waals surface area contributed by atoms with Gasteiger partial charge in [0.1, 0.15) is 5.60 Å². The summed E-state index contributed by atoms with van der Waals surface area (Å²) in [6.45, 7) is 15.3. The van der Waals surface area contributed by atoms with Gasteiger partial charge in [0.15, 0.2) is 0 Å². The van der Waals surface area contributed by atoms with Crippen LogP contribution in [-0.2, 0) is 9.53 Å². The quantitative estimate of drug-likeness (QED) is 0.0993. The van der Waals surface area contributed by atoms with Crippen molar-refractivity contribution in [3.05, 3.63) is 51.8 Å². The summed E-state index contributed by atoms with van der Waals surface area (Å²) < 4.78 is 7.18. The van der Waals surface area contributed by atoms with E-state index in [4.69, 9.17) is 4.74 Å². The minimum absolute atomic E-state index is 0.106. The number of carboxylic acids is 1. The van der Waals surface area contributed by atoms with Crippen LogP contribution in [0.3, 0.4) is 0 Å². The van der Waals surface area contributed by atoms with Crippen LogP contribution in [0.25, 0.3) is 0 Å². The van der Waals surface area contributed by atoms with Crippen molar-refractivity contribution < 1.29 is 14.6 Å². The summed E-state index contributed by atoms with van der Waals surface area (Å²) in [6, 6.07) is 0. The lowest BCUT2D eigenvalue weighted by Gasteiger charge is -2.50. The van der Waals surface area contributed by atoms with Crippen molar-refractivity contribution >= 4 is 5.97 Å². The van der Waals surface area contributed by atoms with Crippen molar-refractivity contribution in [2.45, 2.75) is 162 Å². The van der Waals surface area contributed by atoms with Gasteiger partial charge in [0.25, 0.3) is 0 Å². The minimum Gasteiger partial charge on any atom is -0.550 e. The van der Waals surface area contributed by atoms with E-state index >= 15 is 0 Å². The molecule has 0 aromatic rings. The van der Waals surface area contributed by atoms with Crippen LogP contribution in [0.15, 0.2) is 51.8 Å². The lowest BCUT2D eigenvalue weighted by Crippen LogP contribution is -2.50. The molecule has 0 amide bonds. The highest BCUT2D eigenvalue weighted by Gasteiger charge is 2.48. The van der Waals surface area contributed by atoms with Gasteiger partial charge in [0.05, 0.1) is 5.60 Å². The molecule has 0 radical (unpaired) electrons. The van der Waals surface area contributed by atoms with Gasteiger partial charge in [-0.15, -0.1) is 5.73 Å². The summed E-state index contributed by atoms with van der Waals surface area (Å²) in [5.74, 6) is -1.32. The maximum Gasteiger partial charge on any atom is 0.118 e. The lowest BCUT2D eigenvalue weighted by molar-refractivity contribution is -0.311. The Morgan fingerprint density at radius 2 is 1.67 bits per heavy atom. The van der Waals surface area contributed by atoms with Crippen LogP contribution in [0.5, 0.6) is 0 Å². The molecule has 0 aromatic heterocycles. The molecule has 0 spiro atoms. The Morgan fingerprint density at radius 1 is 1.03 bits per heavy atom. The second-order valence-electron chi connectivity index (χ2n) is 12.8. The van der Waals surface area contributed by atoms with E-state index in [-0.39, 0.29) is 17.1 Å². The van der Waals surface area contributed by atoms with Crippen LogP contribution in [0.4, 0.5) is 0 Å². The Hall–Kier alpha value is -1.83. The molecule has 2 rings (SSSR count). The van der Waals surface area contributed by atoms with Crippen molar-refractivity contribution in [2.75, 3.05) is 0 Å². The zero-order chi connectivity index (χ0) is 28.9. The highest BCUT2D eigenvalue weighted by molar-refractivity contribution is 5.66. The van der Waals surface area contributed by atoms with Crippen molar-refractivity contribution in [2.24, 2.45) is 5.92 Å². The number of ether oxygens (including phenoxy) is 1. The second kappa shape index (κ2) is 16.4. The van der Waals surface area contributed by atoms with Gasteiger partial charge in [-0.2, -0.15) is 0 Å². The largest absolute Gasteiger partial charge is 0.550 e. The van der Waals surface area contributed by atoms with E-state index in [0.717, 1.165) is 57.8 Å². The molecule has 1 heterocycles. The topological polar surface area (TPSA) is 49.4 Å². The molecule has 0 saturated carbocycles. The van der Waals surface area contributed by atoms with Crippen molar-refractivity contribution in [3.8, 4) is 0 Å². The maximum atomic E-state index is 10.9. The third kappa shape index (κ3) is 10.6. The first-order chi connectivity index (χ1) is 18.5. The number of fused-ring (bicyclic) bond motifs is 1. The normalized spacial score (nSPS) is 24.5. The summed E-state index contributed by atoms with van der Waals surface area (Å²) in [5, 5.41) is 10.9. The molecular formula is C36H57O3-. The molecule has 0 bridgehead atoms. The Labute approximate surface area is 240 Å². The molecule has 1 aliphatic heterocycles. The monoisotopic (exact) mass is 537 g/mol. The molecule has 0 aromatic carbocycles. The third-order valence-electron chi connectivity index (χ3n) is 9.16. The number of aliphatic carboxylic acids is 1. The number of carbonyl (C=O) groups excluding carboxylic acids is 1. The summed E-state index contributed by atoms with van der Waals surface area (Å²) in [6.07, 6.45) is 24.8. The number of allylic oxidation sites excluding steroid dienone is 5. The standard InChI is InChI=1S/C36H58O3/c1-8-9-10-11-12-13-26-36-32(6)30(4)22-23-33(36)24-27-35(7,39-36)25-16-20-29(3)18-14-17-28(2)19-15-21-31(5)34(37)38/h19-20,22,31H,8-18,21,24-27H2,1-7H3,(H,37,38)/p-1/b28-19+,29-20+. The average molecular weight is 538 g/mol. The first-order valence-electron chi connectivity index (χ1n) is 15.9. The molecule has 1 aliphatic carbocycles. The van der Waals surface area contributed by atoms with Gasteiger partial charge in [-0.3, -0.25) is 0 Å². The van der Waals surface area contributed by atoms with Crippen molar-refractivity contribution in [3.63, 3.8) is 0 Å². The molecule has 1 fully saturated rings. The first-order valence-corrected chi connectivity index (χ1v) is 15.9. The molecule has 3 nitrogen and oxygen atoms in total. The number of hydrogen-bond acceptors (Lipinski definition) is 3. The van der Waals surface area contributed by atoms with Crippen LogP contribution in [-0.4, -0.2) is 17.2 Å². The molecule has 39 heavy (non-hydrogen) atoms. The number of unbranched alkanes of at least 4 members (excludes halogenated alkanes) is 5. The Bertz CT molecular complexity index is 958. The fourth-order valence-corrected chi connectivity index (χ4v) is 6.13. The zero-order valence-corrected chi connectivity index (χ0v) is 26.3. The van der Waals surface area contributed by atoms with Crippen LogP contribution < -0.4 is 5.11 Å². The molecule has 3 heteroatoms. The molecule has 2 aliphatic rings. The van der Waals surface area contributed by atoms with Gasteiger partial charge in [-0.05, 0) is 128 Å². The summed E-state index contributed by atoms with van der Waals surface area (Å²) in [5.41, 5.74) is 10.2. The molecule has 0 N–H and O–H groups in total. The van der Waals surface area contributed by atoms with E-state index in [9.17, 15) is 9.90 Å². The molecule has 3 atom stereocenters. The maximum absolute atomic E-state index is 10.9. The SMILES string of the molecule is CCCCCCCCC12OC(C)(CC/C=C(\C)CCC/C(C)=C/CCC(C)C(=O)[O-])CCC1=C=CC(C)=C2C. The van der Waals surface area contributed by atoms with E-state index in [2.05, 4.69) is 65.5 Å². The minimum atomic E-state index is -0.948. The van der Waals surface area contributed by atoms with Crippen LogP contribution in [0.1, 0.15) is 151 Å². The summed E-state index contributed by atoms with van der Waals surface area (Å²) in [7, 11) is 0. The van der Waals surface area contributed by atoms with Crippen molar-refractivity contribution in [1.82, 2.24) is 0 Å². The highest BCUT2D eigenvalue weighted by Crippen LogP contribution is 2.49. The number of rotatable bonds is 18. The Kier molecular flexibility index (Phi) is 14.1. The second-order valence-corrected chi connectivity index (χ2v) is 12.8. The van der Waals surface area contributed by atoms with Gasteiger partial charge in [-0.1, -0.05) is 69.2 Å². The Morgan fingerprint density at radius 3 is 2.33 bits per heavy atom. The molecule has 1 saturated heterocycles. The summed E-state index contributed by atoms with van der Waals surface area (Å²) in [4.78, 5) is 10.9. The van der Waals surface area contributed by atoms with E-state index in [1.54, 1.807) is 6.92 Å². The number of carbonyl (C=O) groups is 1. The van der Waals surface area contributed by atoms with Gasteiger partial charge in [0.2, 0.25) is 0 Å². The van der Waals surface area contributed by atoms with E-state index < -0.39 is 5.97 Å². The number of carboxylic acid groups (broad SMARTS) is 1. The van der Waals surface area contributed by atoms with Crippen LogP contribution in [0, 0.1) is 5.92 Å². The zero-order valence-electron chi connectivity index (χ0n) is 26.3. The van der Waals surface area contributed by atoms with Gasteiger partial charge < -0.3 is 14.6 Å². The van der Waals surface area contributed by atoms with E-state index in [1.807, 2.05) is 0 Å². The van der Waals surface area contributed by atoms with Crippen molar-refractivity contribution in [1.29, 1.82) is 0 Å². The lowest BCUT2D eigenvalue weighted by atomic mass is 9.71. The van der Waals surface area contributed by atoms with Gasteiger partial charge >= 0.3 is 0 Å². The number of hydrogen-bond donors (Lipinski definition) is 0. The fraction of sp³-hybridized carbons (Fsp3) is 0.722. The van der Waals surface area contributed by atoms with Gasteiger partial charge in [0, 0.05) is 11.5 Å². The third-order valence-corrected chi connectivity index (χ3v) is 9.16.